The standard InChI is InChI=1S/C23H24O5/c1-14(2)26-12-17-6-8-18(9-7-17)23(25)27-13-19-11-21(24)28-22-16(4)15(3)5-10-20(19)22/h5-11,14H,12-13H2,1-4H3. The van der Waals surface area contributed by atoms with Gasteiger partial charge in [0.1, 0.15) is 12.2 Å². The maximum absolute atomic E-state index is 12.4. The molecule has 0 fully saturated rings. The van der Waals surface area contributed by atoms with Gasteiger partial charge in [-0.3, -0.25) is 0 Å². The lowest BCUT2D eigenvalue weighted by Crippen LogP contribution is -2.09. The Morgan fingerprint density at radius 1 is 1.04 bits per heavy atom. The zero-order valence-corrected chi connectivity index (χ0v) is 16.6. The van der Waals surface area contributed by atoms with Crippen LogP contribution in [0.5, 0.6) is 0 Å². The van der Waals surface area contributed by atoms with Gasteiger partial charge in [0.2, 0.25) is 0 Å². The zero-order valence-electron chi connectivity index (χ0n) is 16.6. The number of carbonyl (C=O) groups excluding carboxylic acids is 1. The molecule has 1 heterocycles. The summed E-state index contributed by atoms with van der Waals surface area (Å²) in [6.45, 7) is 8.31. The zero-order chi connectivity index (χ0) is 20.3. The Bertz CT molecular complexity index is 1050. The van der Waals surface area contributed by atoms with E-state index in [1.54, 1.807) is 12.1 Å². The smallest absolute Gasteiger partial charge is 0.338 e. The van der Waals surface area contributed by atoms with Crippen molar-refractivity contribution in [2.75, 3.05) is 0 Å². The third kappa shape index (κ3) is 4.49. The molecule has 2 aromatic carbocycles. The predicted molar refractivity (Wildman–Crippen MR) is 107 cm³/mol. The van der Waals surface area contributed by atoms with Crippen molar-refractivity contribution >= 4 is 16.9 Å². The number of hydrogen-bond donors (Lipinski definition) is 0. The fourth-order valence-electron chi connectivity index (χ4n) is 2.87. The van der Waals surface area contributed by atoms with E-state index >= 15 is 0 Å². The van der Waals surface area contributed by atoms with Gasteiger partial charge in [-0.15, -0.1) is 0 Å². The summed E-state index contributed by atoms with van der Waals surface area (Å²) in [5, 5.41) is 0.775. The van der Waals surface area contributed by atoms with E-state index in [0.717, 1.165) is 22.1 Å². The number of carbonyl (C=O) groups is 1. The fraction of sp³-hybridized carbons (Fsp3) is 0.304. The van der Waals surface area contributed by atoms with Crippen LogP contribution in [0, 0.1) is 13.8 Å². The lowest BCUT2D eigenvalue weighted by molar-refractivity contribution is 0.0473. The molecule has 0 aliphatic carbocycles. The molecule has 0 aliphatic rings. The van der Waals surface area contributed by atoms with Crippen molar-refractivity contribution in [3.8, 4) is 0 Å². The first-order valence-electron chi connectivity index (χ1n) is 9.25. The summed E-state index contributed by atoms with van der Waals surface area (Å²) in [4.78, 5) is 24.3. The molecule has 0 aliphatic heterocycles. The maximum atomic E-state index is 12.4. The van der Waals surface area contributed by atoms with Crippen LogP contribution in [0.2, 0.25) is 0 Å². The van der Waals surface area contributed by atoms with Crippen LogP contribution in [0.3, 0.4) is 0 Å². The molecule has 146 valence electrons. The highest BCUT2D eigenvalue weighted by Crippen LogP contribution is 2.24. The number of benzene rings is 2. The molecule has 28 heavy (non-hydrogen) atoms. The average Bonchev–Trinajstić information content (AvgIpc) is 2.67. The molecule has 0 saturated heterocycles. The number of rotatable bonds is 6. The summed E-state index contributed by atoms with van der Waals surface area (Å²) in [5.74, 6) is -0.443. The molecule has 0 atom stereocenters. The highest BCUT2D eigenvalue weighted by Gasteiger charge is 2.13. The highest BCUT2D eigenvalue weighted by molar-refractivity contribution is 5.90. The van der Waals surface area contributed by atoms with Gasteiger partial charge < -0.3 is 13.9 Å². The van der Waals surface area contributed by atoms with E-state index in [4.69, 9.17) is 13.9 Å². The molecule has 0 N–H and O–H groups in total. The summed E-state index contributed by atoms with van der Waals surface area (Å²) in [6, 6.07) is 12.3. The van der Waals surface area contributed by atoms with E-state index < -0.39 is 11.6 Å². The van der Waals surface area contributed by atoms with E-state index in [1.807, 2.05) is 52.0 Å². The Hall–Kier alpha value is -2.92. The number of esters is 1. The van der Waals surface area contributed by atoms with Crippen LogP contribution in [0.1, 0.15) is 46.5 Å². The summed E-state index contributed by atoms with van der Waals surface area (Å²) >= 11 is 0. The van der Waals surface area contributed by atoms with Crippen LogP contribution < -0.4 is 5.63 Å². The van der Waals surface area contributed by atoms with Crippen LogP contribution in [-0.4, -0.2) is 12.1 Å². The molecule has 0 unspecified atom stereocenters. The minimum atomic E-state index is -0.457. The second-order valence-electron chi connectivity index (χ2n) is 7.11. The van der Waals surface area contributed by atoms with Gasteiger partial charge in [-0.1, -0.05) is 24.3 Å². The first-order chi connectivity index (χ1) is 13.3. The fourth-order valence-corrected chi connectivity index (χ4v) is 2.87. The van der Waals surface area contributed by atoms with Crippen LogP contribution in [0.4, 0.5) is 0 Å². The number of ether oxygens (including phenoxy) is 2. The summed E-state index contributed by atoms with van der Waals surface area (Å²) in [7, 11) is 0. The Labute approximate surface area is 163 Å². The van der Waals surface area contributed by atoms with Gasteiger partial charge in [0, 0.05) is 17.0 Å². The van der Waals surface area contributed by atoms with Crippen LogP contribution in [0.25, 0.3) is 11.0 Å². The van der Waals surface area contributed by atoms with Crippen LogP contribution in [0.15, 0.2) is 51.7 Å². The molecule has 3 aromatic rings. The Morgan fingerprint density at radius 2 is 1.75 bits per heavy atom. The van der Waals surface area contributed by atoms with Gasteiger partial charge in [0.15, 0.2) is 0 Å². The van der Waals surface area contributed by atoms with Gasteiger partial charge in [0.05, 0.1) is 18.3 Å². The molecule has 0 amide bonds. The van der Waals surface area contributed by atoms with Crippen molar-refractivity contribution in [3.63, 3.8) is 0 Å². The van der Waals surface area contributed by atoms with Gasteiger partial charge in [-0.2, -0.15) is 0 Å². The molecule has 0 bridgehead atoms. The number of fused-ring (bicyclic) bond motifs is 1. The Balaban J connectivity index is 1.74. The molecular formula is C23H24O5. The first kappa shape index (κ1) is 19.8. The molecule has 5 nitrogen and oxygen atoms in total. The van der Waals surface area contributed by atoms with Crippen molar-refractivity contribution < 1.29 is 18.7 Å². The first-order valence-corrected chi connectivity index (χ1v) is 9.25. The summed E-state index contributed by atoms with van der Waals surface area (Å²) in [6.07, 6.45) is 0.149. The van der Waals surface area contributed by atoms with Gasteiger partial charge in [-0.25, -0.2) is 9.59 Å². The molecule has 0 spiro atoms. The molecule has 0 saturated carbocycles. The van der Waals surface area contributed by atoms with E-state index in [-0.39, 0.29) is 12.7 Å². The summed E-state index contributed by atoms with van der Waals surface area (Å²) in [5.41, 5.74) is 4.09. The minimum Gasteiger partial charge on any atom is -0.457 e. The third-order valence-corrected chi connectivity index (χ3v) is 4.65. The molecule has 3 rings (SSSR count). The van der Waals surface area contributed by atoms with Crippen LogP contribution in [-0.2, 0) is 22.7 Å². The van der Waals surface area contributed by atoms with E-state index in [1.165, 1.54) is 6.07 Å². The maximum Gasteiger partial charge on any atom is 0.338 e. The quantitative estimate of drug-likeness (QED) is 0.458. The van der Waals surface area contributed by atoms with E-state index in [2.05, 4.69) is 0 Å². The predicted octanol–water partition coefficient (Wildman–Crippen LogP) is 4.69. The van der Waals surface area contributed by atoms with Gasteiger partial charge in [-0.05, 0) is 56.5 Å². The average molecular weight is 380 g/mol. The second-order valence-corrected chi connectivity index (χ2v) is 7.11. The SMILES string of the molecule is Cc1ccc2c(COC(=O)c3ccc(COC(C)C)cc3)cc(=O)oc2c1C. The van der Waals surface area contributed by atoms with Crippen molar-refractivity contribution in [1.82, 2.24) is 0 Å². The highest BCUT2D eigenvalue weighted by atomic mass is 16.5. The van der Waals surface area contributed by atoms with Crippen molar-refractivity contribution in [1.29, 1.82) is 0 Å². The summed E-state index contributed by atoms with van der Waals surface area (Å²) < 4.78 is 16.3. The lowest BCUT2D eigenvalue weighted by Gasteiger charge is -2.10. The Kier molecular flexibility index (Phi) is 5.95. The van der Waals surface area contributed by atoms with Crippen molar-refractivity contribution in [2.45, 2.75) is 47.0 Å². The molecule has 1 aromatic heterocycles. The van der Waals surface area contributed by atoms with E-state index in [0.29, 0.717) is 23.3 Å². The van der Waals surface area contributed by atoms with Gasteiger partial charge >= 0.3 is 11.6 Å². The normalized spacial score (nSPS) is 11.2. The topological polar surface area (TPSA) is 65.7 Å². The third-order valence-electron chi connectivity index (χ3n) is 4.65. The molecule has 5 heteroatoms. The second kappa shape index (κ2) is 8.40. The largest absolute Gasteiger partial charge is 0.457 e. The van der Waals surface area contributed by atoms with Crippen LogP contribution >= 0.6 is 0 Å². The van der Waals surface area contributed by atoms with Gasteiger partial charge in [0.25, 0.3) is 0 Å². The monoisotopic (exact) mass is 380 g/mol. The van der Waals surface area contributed by atoms with Crippen molar-refractivity contribution in [3.05, 3.63) is 80.7 Å². The lowest BCUT2D eigenvalue weighted by atomic mass is 10.0. The Morgan fingerprint density at radius 3 is 2.43 bits per heavy atom. The minimum absolute atomic E-state index is 0.00163. The van der Waals surface area contributed by atoms with Crippen molar-refractivity contribution in [2.24, 2.45) is 0 Å². The number of aryl methyl sites for hydroxylation is 2. The molecule has 0 radical (unpaired) electrons. The number of hydrogen-bond acceptors (Lipinski definition) is 5. The molecular weight excluding hydrogens is 356 g/mol. The van der Waals surface area contributed by atoms with E-state index in [9.17, 15) is 9.59 Å².